The lowest BCUT2D eigenvalue weighted by molar-refractivity contribution is -0.113. The van der Waals surface area contributed by atoms with Gasteiger partial charge in [0.15, 0.2) is 4.32 Å². The van der Waals surface area contributed by atoms with Crippen molar-refractivity contribution < 1.29 is 4.79 Å². The average Bonchev–Trinajstić information content (AvgIpc) is 3.21. The zero-order valence-corrected chi connectivity index (χ0v) is 15.3. The van der Waals surface area contributed by atoms with Crippen molar-refractivity contribution in [2.45, 2.75) is 6.54 Å². The van der Waals surface area contributed by atoms with Gasteiger partial charge in [0.05, 0.1) is 29.5 Å². The molecule has 1 aliphatic heterocycles. The van der Waals surface area contributed by atoms with Crippen molar-refractivity contribution in [2.75, 3.05) is 4.90 Å². The van der Waals surface area contributed by atoms with Crippen LogP contribution in [0.3, 0.4) is 0 Å². The molecule has 0 atom stereocenters. The third-order valence-electron chi connectivity index (χ3n) is 3.84. The Bertz CT molecular complexity index is 983. The molecule has 0 spiro atoms. The number of aromatic nitrogens is 3. The first kappa shape index (κ1) is 16.7. The van der Waals surface area contributed by atoms with Crippen LogP contribution in [0.2, 0.25) is 0 Å². The van der Waals surface area contributed by atoms with E-state index in [4.69, 9.17) is 12.2 Å². The normalized spacial score (nSPS) is 15.8. The van der Waals surface area contributed by atoms with Crippen LogP contribution in [-0.4, -0.2) is 25.0 Å². The Hall–Kier alpha value is -2.77. The Morgan fingerprint density at radius 2 is 1.96 bits per heavy atom. The fraction of sp³-hybridized carbons (Fsp3) is 0.0526. The maximum absolute atomic E-state index is 12.7. The zero-order valence-electron chi connectivity index (χ0n) is 13.6. The molecule has 4 rings (SSSR count). The first-order valence-electron chi connectivity index (χ1n) is 7.95. The first-order chi connectivity index (χ1) is 12.7. The van der Waals surface area contributed by atoms with Gasteiger partial charge in [-0.1, -0.05) is 54.3 Å². The highest BCUT2D eigenvalue weighted by molar-refractivity contribution is 8.27. The third-order valence-corrected chi connectivity index (χ3v) is 5.14. The SMILES string of the molecule is O=C1C(=Cc2cnn(Cc3ccccc3)c2)SC(=S)N1c1cccnc1. The molecule has 0 aliphatic carbocycles. The Morgan fingerprint density at radius 3 is 2.73 bits per heavy atom. The van der Waals surface area contributed by atoms with Crippen LogP contribution >= 0.6 is 24.0 Å². The summed E-state index contributed by atoms with van der Waals surface area (Å²) in [4.78, 5) is 18.9. The number of benzene rings is 1. The van der Waals surface area contributed by atoms with Crippen molar-refractivity contribution in [2.24, 2.45) is 0 Å². The largest absolute Gasteiger partial charge is 0.270 e. The molecule has 2 aromatic heterocycles. The number of thioether (sulfide) groups is 1. The van der Waals surface area contributed by atoms with Gasteiger partial charge < -0.3 is 0 Å². The predicted octanol–water partition coefficient (Wildman–Crippen LogP) is 3.73. The predicted molar refractivity (Wildman–Crippen MR) is 108 cm³/mol. The Labute approximate surface area is 160 Å². The molecule has 0 saturated carbocycles. The molecular weight excluding hydrogens is 364 g/mol. The smallest absolute Gasteiger partial charge is 0.268 e. The second kappa shape index (κ2) is 7.23. The van der Waals surface area contributed by atoms with E-state index in [0.29, 0.717) is 21.5 Å². The van der Waals surface area contributed by atoms with E-state index >= 15 is 0 Å². The molecule has 1 aliphatic rings. The van der Waals surface area contributed by atoms with Crippen LogP contribution in [0.5, 0.6) is 0 Å². The maximum Gasteiger partial charge on any atom is 0.270 e. The minimum Gasteiger partial charge on any atom is -0.268 e. The van der Waals surface area contributed by atoms with Gasteiger partial charge in [0, 0.05) is 18.0 Å². The highest BCUT2D eigenvalue weighted by Gasteiger charge is 2.33. The molecule has 7 heteroatoms. The number of hydrogen-bond donors (Lipinski definition) is 0. The van der Waals surface area contributed by atoms with Crippen LogP contribution in [0.25, 0.3) is 6.08 Å². The molecule has 0 bridgehead atoms. The van der Waals surface area contributed by atoms with Gasteiger partial charge in [0.25, 0.3) is 5.91 Å². The molecule has 3 aromatic rings. The van der Waals surface area contributed by atoms with E-state index in [9.17, 15) is 4.79 Å². The molecular formula is C19H14N4OS2. The van der Waals surface area contributed by atoms with Crippen LogP contribution in [-0.2, 0) is 11.3 Å². The summed E-state index contributed by atoms with van der Waals surface area (Å²) < 4.78 is 2.36. The lowest BCUT2D eigenvalue weighted by Gasteiger charge is -2.13. The summed E-state index contributed by atoms with van der Waals surface area (Å²) in [7, 11) is 0. The number of nitrogens with zero attached hydrogens (tertiary/aromatic N) is 4. The molecule has 5 nitrogen and oxygen atoms in total. The topological polar surface area (TPSA) is 51.0 Å². The van der Waals surface area contributed by atoms with E-state index in [-0.39, 0.29) is 5.91 Å². The minimum atomic E-state index is -0.135. The van der Waals surface area contributed by atoms with E-state index in [1.54, 1.807) is 24.7 Å². The van der Waals surface area contributed by atoms with Crippen molar-refractivity contribution in [3.05, 3.63) is 83.3 Å². The Balaban J connectivity index is 1.54. The van der Waals surface area contributed by atoms with Gasteiger partial charge in [-0.2, -0.15) is 5.10 Å². The molecule has 1 aromatic carbocycles. The van der Waals surface area contributed by atoms with Crippen LogP contribution in [0, 0.1) is 0 Å². The fourth-order valence-corrected chi connectivity index (χ4v) is 3.94. The third kappa shape index (κ3) is 3.44. The van der Waals surface area contributed by atoms with E-state index in [2.05, 4.69) is 22.2 Å². The summed E-state index contributed by atoms with van der Waals surface area (Å²) in [6.07, 6.45) is 8.79. The first-order valence-corrected chi connectivity index (χ1v) is 9.17. The van der Waals surface area contributed by atoms with Gasteiger partial charge in [-0.05, 0) is 23.8 Å². The second-order valence-electron chi connectivity index (χ2n) is 5.69. The summed E-state index contributed by atoms with van der Waals surface area (Å²) in [6, 6.07) is 13.7. The molecule has 1 fully saturated rings. The molecule has 128 valence electrons. The Morgan fingerprint density at radius 1 is 1.12 bits per heavy atom. The van der Waals surface area contributed by atoms with E-state index < -0.39 is 0 Å². The lowest BCUT2D eigenvalue weighted by atomic mass is 10.2. The minimum absolute atomic E-state index is 0.135. The highest BCUT2D eigenvalue weighted by atomic mass is 32.2. The zero-order chi connectivity index (χ0) is 17.9. The van der Waals surface area contributed by atoms with E-state index in [0.717, 1.165) is 5.56 Å². The van der Waals surface area contributed by atoms with E-state index in [1.807, 2.05) is 41.2 Å². The van der Waals surface area contributed by atoms with Crippen molar-refractivity contribution >= 4 is 46.0 Å². The number of amides is 1. The number of carbonyl (C=O) groups is 1. The molecule has 1 amide bonds. The van der Waals surface area contributed by atoms with Crippen LogP contribution < -0.4 is 4.90 Å². The molecule has 0 N–H and O–H groups in total. The standard InChI is InChI=1S/C19H14N4OS2/c24-18-17(26-19(25)23(18)16-7-4-8-20-11-16)9-15-10-21-22(13-15)12-14-5-2-1-3-6-14/h1-11,13H,12H2. The Kier molecular flexibility index (Phi) is 4.64. The van der Waals surface area contributed by atoms with Crippen molar-refractivity contribution in [1.29, 1.82) is 0 Å². The molecule has 0 radical (unpaired) electrons. The van der Waals surface area contributed by atoms with Crippen LogP contribution in [0.15, 0.2) is 72.2 Å². The van der Waals surface area contributed by atoms with Gasteiger partial charge in [-0.3, -0.25) is 19.4 Å². The van der Waals surface area contributed by atoms with Gasteiger partial charge in [-0.15, -0.1) is 0 Å². The number of pyridine rings is 1. The van der Waals surface area contributed by atoms with Gasteiger partial charge in [-0.25, -0.2) is 0 Å². The van der Waals surface area contributed by atoms with Crippen molar-refractivity contribution in [3.8, 4) is 0 Å². The number of rotatable bonds is 4. The van der Waals surface area contributed by atoms with Crippen LogP contribution in [0.4, 0.5) is 5.69 Å². The van der Waals surface area contributed by atoms with Gasteiger partial charge >= 0.3 is 0 Å². The van der Waals surface area contributed by atoms with E-state index in [1.165, 1.54) is 22.2 Å². The van der Waals surface area contributed by atoms with Gasteiger partial charge in [0.2, 0.25) is 0 Å². The fourth-order valence-electron chi connectivity index (χ4n) is 2.64. The lowest BCUT2D eigenvalue weighted by Crippen LogP contribution is -2.27. The number of hydrogen-bond acceptors (Lipinski definition) is 5. The summed E-state index contributed by atoms with van der Waals surface area (Å²) in [5.74, 6) is -0.135. The average molecular weight is 378 g/mol. The summed E-state index contributed by atoms with van der Waals surface area (Å²) in [6.45, 7) is 0.686. The summed E-state index contributed by atoms with van der Waals surface area (Å²) in [5.41, 5.74) is 2.72. The second-order valence-corrected chi connectivity index (χ2v) is 7.36. The maximum atomic E-state index is 12.7. The monoisotopic (exact) mass is 378 g/mol. The molecule has 0 unspecified atom stereocenters. The molecule has 1 saturated heterocycles. The number of carbonyl (C=O) groups excluding carboxylic acids is 1. The number of thiocarbonyl (C=S) groups is 1. The van der Waals surface area contributed by atoms with Crippen molar-refractivity contribution in [1.82, 2.24) is 14.8 Å². The summed E-state index contributed by atoms with van der Waals surface area (Å²) in [5, 5.41) is 4.37. The van der Waals surface area contributed by atoms with Crippen molar-refractivity contribution in [3.63, 3.8) is 0 Å². The molecule has 26 heavy (non-hydrogen) atoms. The highest BCUT2D eigenvalue weighted by Crippen LogP contribution is 2.35. The summed E-state index contributed by atoms with van der Waals surface area (Å²) >= 11 is 6.65. The molecule has 3 heterocycles. The quantitative estimate of drug-likeness (QED) is 0.511. The van der Waals surface area contributed by atoms with Crippen LogP contribution in [0.1, 0.15) is 11.1 Å². The number of anilines is 1. The van der Waals surface area contributed by atoms with Gasteiger partial charge in [0.1, 0.15) is 0 Å².